The van der Waals surface area contributed by atoms with Gasteiger partial charge in [0.05, 0.1) is 26.2 Å². The molecule has 0 saturated carbocycles. The van der Waals surface area contributed by atoms with Gasteiger partial charge in [0.1, 0.15) is 23.2 Å². The number of hydrogen-bond acceptors (Lipinski definition) is 5. The Kier molecular flexibility index (Phi) is 4.80. The van der Waals surface area contributed by atoms with Crippen molar-refractivity contribution in [1.29, 1.82) is 0 Å². The molecule has 1 aliphatic rings. The summed E-state index contributed by atoms with van der Waals surface area (Å²) in [6.45, 7) is 2.03. The Balaban J connectivity index is 2.16. The SMILES string of the molecule is CCOC(=O)C=C=C[C@H]1CC(=O)c2c(OC)cccc2O1. The molecule has 110 valence electrons. The maximum atomic E-state index is 12.2. The average molecular weight is 288 g/mol. The van der Waals surface area contributed by atoms with E-state index >= 15 is 0 Å². The van der Waals surface area contributed by atoms with Crippen LogP contribution in [0.2, 0.25) is 0 Å². The number of carbonyl (C=O) groups is 2. The molecule has 1 aliphatic heterocycles. The van der Waals surface area contributed by atoms with Gasteiger partial charge in [0.15, 0.2) is 5.78 Å². The van der Waals surface area contributed by atoms with Gasteiger partial charge in [-0.05, 0) is 25.1 Å². The van der Waals surface area contributed by atoms with Crippen LogP contribution in [-0.2, 0) is 9.53 Å². The van der Waals surface area contributed by atoms with Gasteiger partial charge in [0, 0.05) is 0 Å². The molecule has 1 aromatic rings. The first-order valence-corrected chi connectivity index (χ1v) is 6.62. The molecule has 5 heteroatoms. The first-order chi connectivity index (χ1) is 10.2. The van der Waals surface area contributed by atoms with E-state index in [1.807, 2.05) is 0 Å². The standard InChI is InChI=1S/C16H16O5/c1-3-20-15(18)9-4-6-11-10-12(17)16-13(19-2)7-5-8-14(16)21-11/h5-9,11H,3,10H2,1-2H3/t4?,11-/m0/s1. The van der Waals surface area contributed by atoms with Crippen LogP contribution in [0.25, 0.3) is 0 Å². The number of hydrogen-bond donors (Lipinski definition) is 0. The molecule has 1 aromatic carbocycles. The van der Waals surface area contributed by atoms with E-state index in [4.69, 9.17) is 14.2 Å². The van der Waals surface area contributed by atoms with Crippen LogP contribution in [-0.4, -0.2) is 31.6 Å². The monoisotopic (exact) mass is 288 g/mol. The van der Waals surface area contributed by atoms with Crippen molar-refractivity contribution in [3.8, 4) is 11.5 Å². The van der Waals surface area contributed by atoms with Crippen molar-refractivity contribution in [2.24, 2.45) is 0 Å². The van der Waals surface area contributed by atoms with Crippen molar-refractivity contribution in [1.82, 2.24) is 0 Å². The minimum absolute atomic E-state index is 0.0621. The Hall–Kier alpha value is -2.52. The van der Waals surface area contributed by atoms with Crippen molar-refractivity contribution in [2.75, 3.05) is 13.7 Å². The molecule has 0 radical (unpaired) electrons. The lowest BCUT2D eigenvalue weighted by Crippen LogP contribution is -2.25. The lowest BCUT2D eigenvalue weighted by Gasteiger charge is -2.23. The molecule has 0 saturated heterocycles. The van der Waals surface area contributed by atoms with Crippen LogP contribution in [0, 0.1) is 0 Å². The summed E-state index contributed by atoms with van der Waals surface area (Å²) >= 11 is 0. The summed E-state index contributed by atoms with van der Waals surface area (Å²) in [5, 5.41) is 0. The molecule has 2 rings (SSSR count). The third kappa shape index (κ3) is 3.52. The summed E-state index contributed by atoms with van der Waals surface area (Å²) < 4.78 is 15.6. The van der Waals surface area contributed by atoms with Gasteiger partial charge < -0.3 is 14.2 Å². The molecule has 0 spiro atoms. The van der Waals surface area contributed by atoms with E-state index in [-0.39, 0.29) is 12.2 Å². The number of ketones is 1. The van der Waals surface area contributed by atoms with E-state index in [9.17, 15) is 9.59 Å². The number of methoxy groups -OCH3 is 1. The van der Waals surface area contributed by atoms with Gasteiger partial charge in [-0.15, -0.1) is 5.73 Å². The van der Waals surface area contributed by atoms with E-state index < -0.39 is 12.1 Å². The minimum Gasteiger partial charge on any atom is -0.496 e. The predicted octanol–water partition coefficient (Wildman–Crippen LogP) is 2.30. The first-order valence-electron chi connectivity index (χ1n) is 6.62. The molecule has 0 amide bonds. The van der Waals surface area contributed by atoms with Gasteiger partial charge in [-0.3, -0.25) is 4.79 Å². The van der Waals surface area contributed by atoms with Crippen molar-refractivity contribution in [3.63, 3.8) is 0 Å². The highest BCUT2D eigenvalue weighted by atomic mass is 16.5. The quantitative estimate of drug-likeness (QED) is 0.483. The largest absolute Gasteiger partial charge is 0.496 e. The second-order valence-corrected chi connectivity index (χ2v) is 4.35. The van der Waals surface area contributed by atoms with E-state index in [0.29, 0.717) is 23.7 Å². The maximum absolute atomic E-state index is 12.2. The van der Waals surface area contributed by atoms with Crippen LogP contribution in [0.15, 0.2) is 36.1 Å². The van der Waals surface area contributed by atoms with Gasteiger partial charge in [-0.1, -0.05) is 6.07 Å². The summed E-state index contributed by atoms with van der Waals surface area (Å²) in [5.74, 6) is 0.442. The Morgan fingerprint density at radius 2 is 2.33 bits per heavy atom. The molecular formula is C16H16O5. The van der Waals surface area contributed by atoms with Crippen LogP contribution in [0.3, 0.4) is 0 Å². The van der Waals surface area contributed by atoms with E-state index in [1.165, 1.54) is 19.3 Å². The third-order valence-corrected chi connectivity index (χ3v) is 2.92. The summed E-state index contributed by atoms with van der Waals surface area (Å²) in [6, 6.07) is 5.19. The Bertz CT molecular complexity index is 611. The van der Waals surface area contributed by atoms with Crippen LogP contribution >= 0.6 is 0 Å². The van der Waals surface area contributed by atoms with Crippen molar-refractivity contribution in [2.45, 2.75) is 19.4 Å². The zero-order chi connectivity index (χ0) is 15.2. The fourth-order valence-corrected chi connectivity index (χ4v) is 2.04. The van der Waals surface area contributed by atoms with Crippen molar-refractivity contribution >= 4 is 11.8 Å². The molecule has 0 unspecified atom stereocenters. The summed E-state index contributed by atoms with van der Waals surface area (Å²) in [5.41, 5.74) is 3.14. The van der Waals surface area contributed by atoms with Crippen LogP contribution in [0.4, 0.5) is 0 Å². The first kappa shape index (κ1) is 14.9. The molecule has 21 heavy (non-hydrogen) atoms. The summed E-state index contributed by atoms with van der Waals surface area (Å²) in [4.78, 5) is 23.3. The molecule has 0 aliphatic carbocycles. The van der Waals surface area contributed by atoms with Crippen LogP contribution < -0.4 is 9.47 Å². The molecule has 0 fully saturated rings. The van der Waals surface area contributed by atoms with Gasteiger partial charge in [0.25, 0.3) is 0 Å². The van der Waals surface area contributed by atoms with Crippen molar-refractivity contribution < 1.29 is 23.8 Å². The number of fused-ring (bicyclic) bond motifs is 1. The molecule has 1 heterocycles. The second kappa shape index (κ2) is 6.77. The molecule has 1 atom stereocenters. The fourth-order valence-electron chi connectivity index (χ4n) is 2.04. The highest BCUT2D eigenvalue weighted by Gasteiger charge is 2.27. The average Bonchev–Trinajstić information content (AvgIpc) is 2.46. The predicted molar refractivity (Wildman–Crippen MR) is 75.6 cm³/mol. The molecule has 0 N–H and O–H groups in total. The fraction of sp³-hybridized carbons (Fsp3) is 0.312. The Labute approximate surface area is 122 Å². The third-order valence-electron chi connectivity index (χ3n) is 2.92. The minimum atomic E-state index is -0.474. The number of esters is 1. The van der Waals surface area contributed by atoms with Gasteiger partial charge >= 0.3 is 5.97 Å². The lowest BCUT2D eigenvalue weighted by molar-refractivity contribution is -0.137. The number of rotatable bonds is 4. The summed E-state index contributed by atoms with van der Waals surface area (Å²) in [6.07, 6.45) is 2.44. The van der Waals surface area contributed by atoms with Crippen LogP contribution in [0.1, 0.15) is 23.7 Å². The van der Waals surface area contributed by atoms with Crippen LogP contribution in [0.5, 0.6) is 11.5 Å². The van der Waals surface area contributed by atoms with Gasteiger partial charge in [-0.2, -0.15) is 0 Å². The normalized spacial score (nSPS) is 16.1. The number of ether oxygens (including phenoxy) is 3. The zero-order valence-electron chi connectivity index (χ0n) is 11.9. The number of benzene rings is 1. The van der Waals surface area contributed by atoms with Gasteiger partial charge in [0.2, 0.25) is 0 Å². The second-order valence-electron chi connectivity index (χ2n) is 4.35. The van der Waals surface area contributed by atoms with E-state index in [1.54, 1.807) is 25.1 Å². The molecule has 0 bridgehead atoms. The van der Waals surface area contributed by atoms with E-state index in [2.05, 4.69) is 5.73 Å². The highest BCUT2D eigenvalue weighted by molar-refractivity contribution is 6.02. The molecule has 0 aromatic heterocycles. The Morgan fingerprint density at radius 1 is 1.52 bits per heavy atom. The Morgan fingerprint density at radius 3 is 3.05 bits per heavy atom. The highest BCUT2D eigenvalue weighted by Crippen LogP contribution is 2.34. The van der Waals surface area contributed by atoms with Crippen molar-refractivity contribution in [3.05, 3.63) is 41.6 Å². The zero-order valence-corrected chi connectivity index (χ0v) is 11.9. The maximum Gasteiger partial charge on any atom is 0.338 e. The smallest absolute Gasteiger partial charge is 0.338 e. The number of Topliss-reactive ketones (excluding diaryl/α,β-unsaturated/α-hetero) is 1. The summed E-state index contributed by atoms with van der Waals surface area (Å²) in [7, 11) is 1.51. The van der Waals surface area contributed by atoms with Gasteiger partial charge in [-0.25, -0.2) is 4.79 Å². The molecule has 5 nitrogen and oxygen atoms in total. The topological polar surface area (TPSA) is 61.8 Å². The lowest BCUT2D eigenvalue weighted by atomic mass is 9.99. The molecular weight excluding hydrogens is 272 g/mol. The van der Waals surface area contributed by atoms with E-state index in [0.717, 1.165) is 0 Å². The number of carbonyl (C=O) groups excluding carboxylic acids is 2.